The van der Waals surface area contributed by atoms with E-state index in [-0.39, 0.29) is 11.9 Å². The van der Waals surface area contributed by atoms with Crippen LogP contribution in [0.4, 0.5) is 0 Å². The van der Waals surface area contributed by atoms with Gasteiger partial charge in [-0.05, 0) is 25.0 Å². The number of hydrogen-bond acceptors (Lipinski definition) is 5. The van der Waals surface area contributed by atoms with Crippen molar-refractivity contribution >= 4 is 39.2 Å². The zero-order valence-electron chi connectivity index (χ0n) is 11.1. The number of carbonyl (C=O) groups is 1. The fraction of sp³-hybridized carbons (Fsp3) is 0.429. The zero-order valence-corrected chi connectivity index (χ0v) is 12.8. The summed E-state index contributed by atoms with van der Waals surface area (Å²) in [7, 11) is 0. The standard InChI is InChI=1S/C14H17N3OS2/c15-10-4-3-7-17(8-10)13(18)9-19-14-16-11-5-1-2-6-12(11)20-14/h1-2,5-6,10H,3-4,7-9,15H2. The maximum Gasteiger partial charge on any atom is 0.233 e. The molecule has 2 heterocycles. The van der Waals surface area contributed by atoms with Gasteiger partial charge in [-0.1, -0.05) is 23.9 Å². The van der Waals surface area contributed by atoms with Gasteiger partial charge in [0.1, 0.15) is 0 Å². The average Bonchev–Trinajstić information content (AvgIpc) is 2.87. The number of likely N-dealkylation sites (tertiary alicyclic amines) is 1. The molecule has 3 rings (SSSR count). The smallest absolute Gasteiger partial charge is 0.233 e. The molecular formula is C14H17N3OS2. The zero-order chi connectivity index (χ0) is 13.9. The van der Waals surface area contributed by atoms with E-state index in [0.717, 1.165) is 29.2 Å². The number of thiazole rings is 1. The van der Waals surface area contributed by atoms with Crippen LogP contribution in [0.3, 0.4) is 0 Å². The maximum absolute atomic E-state index is 12.2. The lowest BCUT2D eigenvalue weighted by Gasteiger charge is -2.30. The molecule has 1 amide bonds. The Morgan fingerprint density at radius 1 is 1.50 bits per heavy atom. The van der Waals surface area contributed by atoms with Gasteiger partial charge >= 0.3 is 0 Å². The van der Waals surface area contributed by atoms with Crippen molar-refractivity contribution in [2.24, 2.45) is 5.73 Å². The first-order valence-electron chi connectivity index (χ1n) is 6.74. The molecule has 1 aromatic carbocycles. The van der Waals surface area contributed by atoms with Gasteiger partial charge in [-0.3, -0.25) is 4.79 Å². The number of nitrogens with two attached hydrogens (primary N) is 1. The average molecular weight is 307 g/mol. The normalized spacial score (nSPS) is 19.4. The summed E-state index contributed by atoms with van der Waals surface area (Å²) in [6, 6.07) is 8.19. The molecule has 1 atom stereocenters. The summed E-state index contributed by atoms with van der Waals surface area (Å²) in [5.74, 6) is 0.622. The molecule has 2 aromatic rings. The highest BCUT2D eigenvalue weighted by atomic mass is 32.2. The molecule has 0 spiro atoms. The molecule has 1 aromatic heterocycles. The van der Waals surface area contributed by atoms with Crippen molar-refractivity contribution < 1.29 is 4.79 Å². The SMILES string of the molecule is NC1CCCN(C(=O)CSc2nc3ccccc3s2)C1. The number of carbonyl (C=O) groups excluding carboxylic acids is 1. The molecule has 1 unspecified atom stereocenters. The van der Waals surface area contributed by atoms with Crippen molar-refractivity contribution in [2.45, 2.75) is 23.2 Å². The van der Waals surface area contributed by atoms with Gasteiger partial charge in [-0.2, -0.15) is 0 Å². The van der Waals surface area contributed by atoms with Crippen LogP contribution in [0.1, 0.15) is 12.8 Å². The second kappa shape index (κ2) is 6.11. The van der Waals surface area contributed by atoms with Crippen molar-refractivity contribution in [1.29, 1.82) is 0 Å². The van der Waals surface area contributed by atoms with E-state index in [1.807, 2.05) is 23.1 Å². The second-order valence-electron chi connectivity index (χ2n) is 4.98. The number of aromatic nitrogens is 1. The van der Waals surface area contributed by atoms with Gasteiger partial charge in [-0.25, -0.2) is 4.98 Å². The van der Waals surface area contributed by atoms with Crippen LogP contribution in [-0.4, -0.2) is 40.7 Å². The molecule has 0 aliphatic carbocycles. The molecule has 0 radical (unpaired) electrons. The number of piperidine rings is 1. The number of fused-ring (bicyclic) bond motifs is 1. The van der Waals surface area contributed by atoms with Gasteiger partial charge in [-0.15, -0.1) is 11.3 Å². The van der Waals surface area contributed by atoms with Gasteiger partial charge in [0.2, 0.25) is 5.91 Å². The summed E-state index contributed by atoms with van der Waals surface area (Å²) in [6.45, 7) is 1.53. The Bertz CT molecular complexity index is 580. The first kappa shape index (κ1) is 13.9. The minimum atomic E-state index is 0.139. The number of para-hydroxylation sites is 1. The van der Waals surface area contributed by atoms with E-state index in [1.54, 1.807) is 11.3 Å². The van der Waals surface area contributed by atoms with Crippen LogP contribution in [0.15, 0.2) is 28.6 Å². The molecule has 0 bridgehead atoms. The van der Waals surface area contributed by atoms with Crippen molar-refractivity contribution in [1.82, 2.24) is 9.88 Å². The summed E-state index contributed by atoms with van der Waals surface area (Å²) in [5, 5.41) is 0. The molecule has 1 fully saturated rings. The highest BCUT2D eigenvalue weighted by Crippen LogP contribution is 2.29. The Morgan fingerprint density at radius 3 is 3.15 bits per heavy atom. The number of benzene rings is 1. The first-order chi connectivity index (χ1) is 9.72. The molecule has 1 saturated heterocycles. The summed E-state index contributed by atoms with van der Waals surface area (Å²) >= 11 is 3.17. The highest BCUT2D eigenvalue weighted by molar-refractivity contribution is 8.01. The largest absolute Gasteiger partial charge is 0.340 e. The molecule has 1 aliphatic heterocycles. The Morgan fingerprint density at radius 2 is 2.35 bits per heavy atom. The van der Waals surface area contributed by atoms with Crippen molar-refractivity contribution in [2.75, 3.05) is 18.8 Å². The fourth-order valence-electron chi connectivity index (χ4n) is 2.36. The van der Waals surface area contributed by atoms with Gasteiger partial charge in [0.15, 0.2) is 4.34 Å². The second-order valence-corrected chi connectivity index (χ2v) is 7.23. The van der Waals surface area contributed by atoms with Crippen LogP contribution in [0, 0.1) is 0 Å². The van der Waals surface area contributed by atoms with Crippen LogP contribution in [-0.2, 0) is 4.79 Å². The van der Waals surface area contributed by atoms with E-state index < -0.39 is 0 Å². The third-order valence-corrected chi connectivity index (χ3v) is 5.57. The van der Waals surface area contributed by atoms with Crippen LogP contribution >= 0.6 is 23.1 Å². The number of thioether (sulfide) groups is 1. The molecule has 1 aliphatic rings. The Kier molecular flexibility index (Phi) is 4.24. The molecule has 20 heavy (non-hydrogen) atoms. The minimum Gasteiger partial charge on any atom is -0.340 e. The summed E-state index contributed by atoms with van der Waals surface area (Å²) in [4.78, 5) is 18.6. The maximum atomic E-state index is 12.2. The monoisotopic (exact) mass is 307 g/mol. The molecule has 2 N–H and O–H groups in total. The van der Waals surface area contributed by atoms with Gasteiger partial charge < -0.3 is 10.6 Å². The lowest BCUT2D eigenvalue weighted by molar-refractivity contribution is -0.129. The Hall–Kier alpha value is -1.11. The first-order valence-corrected chi connectivity index (χ1v) is 8.54. The van der Waals surface area contributed by atoms with Crippen molar-refractivity contribution in [3.63, 3.8) is 0 Å². The Balaban J connectivity index is 1.59. The van der Waals surface area contributed by atoms with E-state index in [2.05, 4.69) is 11.1 Å². The molecule has 6 heteroatoms. The van der Waals surface area contributed by atoms with Gasteiger partial charge in [0.05, 0.1) is 16.0 Å². The number of hydrogen-bond donors (Lipinski definition) is 1. The minimum absolute atomic E-state index is 0.139. The van der Waals surface area contributed by atoms with E-state index in [1.165, 1.54) is 16.5 Å². The summed E-state index contributed by atoms with van der Waals surface area (Å²) in [5.41, 5.74) is 6.92. The lowest BCUT2D eigenvalue weighted by Crippen LogP contribution is -2.46. The van der Waals surface area contributed by atoms with Crippen molar-refractivity contribution in [3.8, 4) is 0 Å². The fourth-order valence-corrected chi connectivity index (χ4v) is 4.34. The summed E-state index contributed by atoms with van der Waals surface area (Å²) in [6.07, 6.45) is 2.04. The molecule has 106 valence electrons. The molecule has 4 nitrogen and oxygen atoms in total. The van der Waals surface area contributed by atoms with Crippen LogP contribution in [0.5, 0.6) is 0 Å². The van der Waals surface area contributed by atoms with E-state index >= 15 is 0 Å². The van der Waals surface area contributed by atoms with Gasteiger partial charge in [0, 0.05) is 19.1 Å². The lowest BCUT2D eigenvalue weighted by atomic mass is 10.1. The van der Waals surface area contributed by atoms with Crippen LogP contribution in [0.2, 0.25) is 0 Å². The third-order valence-electron chi connectivity index (χ3n) is 3.40. The topological polar surface area (TPSA) is 59.2 Å². The predicted molar refractivity (Wildman–Crippen MR) is 84.1 cm³/mol. The van der Waals surface area contributed by atoms with Crippen molar-refractivity contribution in [3.05, 3.63) is 24.3 Å². The van der Waals surface area contributed by atoms with E-state index in [0.29, 0.717) is 12.3 Å². The van der Waals surface area contributed by atoms with Gasteiger partial charge in [0.25, 0.3) is 0 Å². The summed E-state index contributed by atoms with van der Waals surface area (Å²) < 4.78 is 2.13. The third kappa shape index (κ3) is 3.13. The quantitative estimate of drug-likeness (QED) is 0.884. The highest BCUT2D eigenvalue weighted by Gasteiger charge is 2.21. The predicted octanol–water partition coefficient (Wildman–Crippen LogP) is 2.34. The number of amides is 1. The van der Waals surface area contributed by atoms with Crippen LogP contribution < -0.4 is 5.73 Å². The van der Waals surface area contributed by atoms with E-state index in [4.69, 9.17) is 5.73 Å². The van der Waals surface area contributed by atoms with Crippen LogP contribution in [0.25, 0.3) is 10.2 Å². The number of rotatable bonds is 3. The number of nitrogens with zero attached hydrogens (tertiary/aromatic N) is 2. The molecular weight excluding hydrogens is 290 g/mol. The Labute approximate surface area is 126 Å². The molecule has 0 saturated carbocycles. The van der Waals surface area contributed by atoms with E-state index in [9.17, 15) is 4.79 Å².